The van der Waals surface area contributed by atoms with Crippen molar-refractivity contribution in [3.8, 4) is 0 Å². The third kappa shape index (κ3) is 4.55. The SMILES string of the molecule is CC(N)CCSCC(=O)Nc1ccc2c(c1)CCC2. The smallest absolute Gasteiger partial charge is 0.234 e. The molecule has 0 saturated carbocycles. The third-order valence-electron chi connectivity index (χ3n) is 3.33. The number of amides is 1. The summed E-state index contributed by atoms with van der Waals surface area (Å²) in [6, 6.07) is 6.48. The van der Waals surface area contributed by atoms with E-state index in [2.05, 4.69) is 17.4 Å². The van der Waals surface area contributed by atoms with Gasteiger partial charge >= 0.3 is 0 Å². The van der Waals surface area contributed by atoms with Crippen molar-refractivity contribution >= 4 is 23.4 Å². The molecule has 0 saturated heterocycles. The number of carbonyl (C=O) groups excluding carboxylic acids is 1. The number of thioether (sulfide) groups is 1. The zero-order valence-corrected chi connectivity index (χ0v) is 12.3. The normalized spacial score (nSPS) is 15.1. The van der Waals surface area contributed by atoms with Gasteiger partial charge in [0.2, 0.25) is 5.91 Å². The fourth-order valence-corrected chi connectivity index (χ4v) is 3.22. The van der Waals surface area contributed by atoms with Crippen molar-refractivity contribution < 1.29 is 4.79 Å². The lowest BCUT2D eigenvalue weighted by Crippen LogP contribution is -2.17. The predicted octanol–water partition coefficient (Wildman–Crippen LogP) is 2.58. The van der Waals surface area contributed by atoms with E-state index in [9.17, 15) is 4.79 Å². The van der Waals surface area contributed by atoms with Crippen LogP contribution >= 0.6 is 11.8 Å². The van der Waals surface area contributed by atoms with Crippen molar-refractivity contribution in [1.82, 2.24) is 0 Å². The Morgan fingerprint density at radius 2 is 2.21 bits per heavy atom. The lowest BCUT2D eigenvalue weighted by atomic mass is 10.1. The summed E-state index contributed by atoms with van der Waals surface area (Å²) in [6.07, 6.45) is 4.51. The minimum Gasteiger partial charge on any atom is -0.328 e. The standard InChI is InChI=1S/C15H22N2OS/c1-11(16)7-8-19-10-15(18)17-14-6-5-12-3-2-4-13(12)9-14/h5-6,9,11H,2-4,7-8,10,16H2,1H3,(H,17,18). The van der Waals surface area contributed by atoms with Gasteiger partial charge in [0, 0.05) is 11.7 Å². The molecule has 0 aromatic heterocycles. The molecule has 1 atom stereocenters. The Hall–Kier alpha value is -1.00. The number of fused-ring (bicyclic) bond motifs is 1. The molecular formula is C15H22N2OS. The minimum atomic E-state index is 0.0765. The van der Waals surface area contributed by atoms with Crippen molar-refractivity contribution in [3.63, 3.8) is 0 Å². The fourth-order valence-electron chi connectivity index (χ4n) is 2.28. The Morgan fingerprint density at radius 1 is 1.42 bits per heavy atom. The number of nitrogens with one attached hydrogen (secondary N) is 1. The monoisotopic (exact) mass is 278 g/mol. The summed E-state index contributed by atoms with van der Waals surface area (Å²) in [5.74, 6) is 1.52. The van der Waals surface area contributed by atoms with Crippen LogP contribution in [0.5, 0.6) is 0 Å². The maximum Gasteiger partial charge on any atom is 0.234 e. The molecule has 3 N–H and O–H groups in total. The number of nitrogens with two attached hydrogens (primary N) is 1. The van der Waals surface area contributed by atoms with Gasteiger partial charge in [-0.2, -0.15) is 11.8 Å². The van der Waals surface area contributed by atoms with Gasteiger partial charge in [-0.15, -0.1) is 0 Å². The Kier molecular flexibility index (Phi) is 5.28. The molecule has 0 aliphatic heterocycles. The van der Waals surface area contributed by atoms with Crippen LogP contribution < -0.4 is 11.1 Å². The van der Waals surface area contributed by atoms with E-state index in [1.165, 1.54) is 24.0 Å². The lowest BCUT2D eigenvalue weighted by Gasteiger charge is -2.08. The van der Waals surface area contributed by atoms with Crippen LogP contribution in [0.3, 0.4) is 0 Å². The molecule has 1 aromatic rings. The molecule has 104 valence electrons. The van der Waals surface area contributed by atoms with Gasteiger partial charge in [-0.1, -0.05) is 6.07 Å². The molecule has 2 rings (SSSR count). The van der Waals surface area contributed by atoms with Crippen LogP contribution in [0.2, 0.25) is 0 Å². The first-order valence-electron chi connectivity index (χ1n) is 6.90. The first-order valence-corrected chi connectivity index (χ1v) is 8.05. The summed E-state index contributed by atoms with van der Waals surface area (Å²) >= 11 is 1.64. The summed E-state index contributed by atoms with van der Waals surface area (Å²) in [7, 11) is 0. The van der Waals surface area contributed by atoms with Crippen LogP contribution in [0.1, 0.15) is 30.9 Å². The number of benzene rings is 1. The number of anilines is 1. The van der Waals surface area contributed by atoms with E-state index in [-0.39, 0.29) is 11.9 Å². The van der Waals surface area contributed by atoms with Gasteiger partial charge in [-0.05, 0) is 61.6 Å². The van der Waals surface area contributed by atoms with E-state index in [1.807, 2.05) is 13.0 Å². The third-order valence-corrected chi connectivity index (χ3v) is 4.32. The van der Waals surface area contributed by atoms with Crippen LogP contribution in [-0.2, 0) is 17.6 Å². The Labute approximate surface area is 119 Å². The summed E-state index contributed by atoms with van der Waals surface area (Å²) in [5, 5.41) is 2.97. The maximum atomic E-state index is 11.8. The average molecular weight is 278 g/mol. The second-order valence-electron chi connectivity index (χ2n) is 5.20. The topological polar surface area (TPSA) is 55.1 Å². The molecule has 19 heavy (non-hydrogen) atoms. The number of aryl methyl sites for hydroxylation is 2. The highest BCUT2D eigenvalue weighted by Crippen LogP contribution is 2.24. The Bertz CT molecular complexity index is 446. The van der Waals surface area contributed by atoms with E-state index in [0.29, 0.717) is 5.75 Å². The van der Waals surface area contributed by atoms with Gasteiger partial charge in [0.15, 0.2) is 0 Å². The number of carbonyl (C=O) groups is 1. The molecule has 3 nitrogen and oxygen atoms in total. The van der Waals surface area contributed by atoms with Crippen molar-refractivity contribution in [2.75, 3.05) is 16.8 Å². The highest BCUT2D eigenvalue weighted by molar-refractivity contribution is 7.99. The van der Waals surface area contributed by atoms with Crippen LogP contribution in [0.25, 0.3) is 0 Å². The van der Waals surface area contributed by atoms with Gasteiger partial charge in [0.05, 0.1) is 5.75 Å². The Balaban J connectivity index is 1.76. The van der Waals surface area contributed by atoms with Crippen LogP contribution in [0, 0.1) is 0 Å². The van der Waals surface area contributed by atoms with Crippen molar-refractivity contribution in [1.29, 1.82) is 0 Å². The summed E-state index contributed by atoms with van der Waals surface area (Å²) in [4.78, 5) is 11.8. The zero-order chi connectivity index (χ0) is 13.7. The number of rotatable bonds is 6. The molecule has 1 aromatic carbocycles. The first-order chi connectivity index (χ1) is 9.15. The molecule has 1 aliphatic rings. The molecule has 1 amide bonds. The Morgan fingerprint density at radius 3 is 3.00 bits per heavy atom. The molecule has 0 heterocycles. The van der Waals surface area contributed by atoms with Crippen molar-refractivity contribution in [2.45, 2.75) is 38.6 Å². The van der Waals surface area contributed by atoms with Gasteiger partial charge < -0.3 is 11.1 Å². The summed E-state index contributed by atoms with van der Waals surface area (Å²) in [5.41, 5.74) is 9.43. The van der Waals surface area contributed by atoms with Gasteiger partial charge in [-0.3, -0.25) is 4.79 Å². The van der Waals surface area contributed by atoms with E-state index < -0.39 is 0 Å². The molecular weight excluding hydrogens is 256 g/mol. The highest BCUT2D eigenvalue weighted by atomic mass is 32.2. The quantitative estimate of drug-likeness (QED) is 0.786. The van der Waals surface area contributed by atoms with Gasteiger partial charge in [0.1, 0.15) is 0 Å². The van der Waals surface area contributed by atoms with E-state index in [0.717, 1.165) is 24.3 Å². The largest absolute Gasteiger partial charge is 0.328 e. The van der Waals surface area contributed by atoms with Gasteiger partial charge in [-0.25, -0.2) is 0 Å². The second-order valence-corrected chi connectivity index (χ2v) is 6.31. The molecule has 1 unspecified atom stereocenters. The predicted molar refractivity (Wildman–Crippen MR) is 82.7 cm³/mol. The minimum absolute atomic E-state index is 0.0765. The summed E-state index contributed by atoms with van der Waals surface area (Å²) < 4.78 is 0. The molecule has 4 heteroatoms. The zero-order valence-electron chi connectivity index (χ0n) is 11.4. The van der Waals surface area contributed by atoms with E-state index >= 15 is 0 Å². The lowest BCUT2D eigenvalue weighted by molar-refractivity contribution is -0.113. The highest BCUT2D eigenvalue weighted by Gasteiger charge is 2.11. The molecule has 0 fully saturated rings. The van der Waals surface area contributed by atoms with E-state index in [4.69, 9.17) is 5.73 Å². The van der Waals surface area contributed by atoms with Gasteiger partial charge in [0.25, 0.3) is 0 Å². The first kappa shape index (κ1) is 14.4. The van der Waals surface area contributed by atoms with Crippen LogP contribution in [-0.4, -0.2) is 23.5 Å². The molecule has 0 spiro atoms. The van der Waals surface area contributed by atoms with Crippen LogP contribution in [0.4, 0.5) is 5.69 Å². The maximum absolute atomic E-state index is 11.8. The summed E-state index contributed by atoms with van der Waals surface area (Å²) in [6.45, 7) is 1.99. The fraction of sp³-hybridized carbons (Fsp3) is 0.533. The molecule has 0 radical (unpaired) electrons. The van der Waals surface area contributed by atoms with Crippen LogP contribution in [0.15, 0.2) is 18.2 Å². The number of hydrogen-bond acceptors (Lipinski definition) is 3. The molecule has 0 bridgehead atoms. The second kappa shape index (κ2) is 6.96. The number of hydrogen-bond donors (Lipinski definition) is 2. The molecule has 1 aliphatic carbocycles. The average Bonchev–Trinajstić information content (AvgIpc) is 2.82. The van der Waals surface area contributed by atoms with E-state index in [1.54, 1.807) is 11.8 Å². The van der Waals surface area contributed by atoms with Crippen molar-refractivity contribution in [3.05, 3.63) is 29.3 Å². The van der Waals surface area contributed by atoms with Crippen molar-refractivity contribution in [2.24, 2.45) is 5.73 Å².